The Bertz CT molecular complexity index is 1290. The van der Waals surface area contributed by atoms with Crippen LogP contribution in [0.3, 0.4) is 0 Å². The Morgan fingerprint density at radius 3 is 2.58 bits per heavy atom. The van der Waals surface area contributed by atoms with Crippen LogP contribution in [0, 0.1) is 6.92 Å². The average molecular weight is 504 g/mol. The number of aliphatic hydroxyl groups excluding tert-OH is 4. The topological polar surface area (TPSA) is 181 Å². The summed E-state index contributed by atoms with van der Waals surface area (Å²) in [6.45, 7) is 10.2. The highest BCUT2D eigenvalue weighted by Crippen LogP contribution is 2.38. The van der Waals surface area contributed by atoms with E-state index in [0.717, 1.165) is 5.56 Å². The number of aromatic nitrogens is 2. The normalized spacial score (nSPS) is 15.3. The van der Waals surface area contributed by atoms with Crippen molar-refractivity contribution in [3.05, 3.63) is 38.9 Å². The van der Waals surface area contributed by atoms with E-state index in [1.165, 1.54) is 4.90 Å². The quantitative estimate of drug-likeness (QED) is 0.235. The van der Waals surface area contributed by atoms with Crippen molar-refractivity contribution in [1.29, 1.82) is 0 Å². The summed E-state index contributed by atoms with van der Waals surface area (Å²) in [4.78, 5) is 37.4. The van der Waals surface area contributed by atoms with E-state index in [1.807, 2.05) is 6.92 Å². The highest BCUT2D eigenvalue weighted by Gasteiger charge is 2.31. The van der Waals surface area contributed by atoms with Crippen molar-refractivity contribution >= 4 is 35.4 Å². The summed E-state index contributed by atoms with van der Waals surface area (Å²) in [6.07, 6.45) is -4.59. The predicted molar refractivity (Wildman–Crippen MR) is 133 cm³/mol. The number of carbonyl (C=O) groups is 1. The maximum Gasteiger partial charge on any atom is 0.308 e. The van der Waals surface area contributed by atoms with Gasteiger partial charge in [0.15, 0.2) is 11.2 Å². The fraction of sp³-hybridized carbons (Fsp3) is 0.500. The molecule has 12 nitrogen and oxygen atoms in total. The van der Waals surface area contributed by atoms with Crippen LogP contribution in [-0.2, 0) is 9.53 Å². The molecule has 196 valence electrons. The van der Waals surface area contributed by atoms with E-state index in [-0.39, 0.29) is 35.6 Å². The molecular formula is C24H33N5O7. The van der Waals surface area contributed by atoms with Crippen LogP contribution in [0.25, 0.3) is 6.58 Å². The van der Waals surface area contributed by atoms with Gasteiger partial charge in [0.25, 0.3) is 5.56 Å². The number of fused-ring (bicyclic) bond motifs is 2. The smallest absolute Gasteiger partial charge is 0.308 e. The molecule has 3 rings (SSSR count). The molecule has 0 spiro atoms. The van der Waals surface area contributed by atoms with Crippen molar-refractivity contribution < 1.29 is 30.0 Å². The molecule has 6 N–H and O–H groups in total. The number of nitrogens with one attached hydrogen (secondary N) is 2. The lowest BCUT2D eigenvalue weighted by atomic mass is 10.1. The third-order valence-electron chi connectivity index (χ3n) is 5.44. The van der Waals surface area contributed by atoms with E-state index >= 15 is 0 Å². The Morgan fingerprint density at radius 2 is 1.94 bits per heavy atom. The third-order valence-corrected chi connectivity index (χ3v) is 5.44. The molecule has 1 aromatic carbocycles. The number of aromatic amines is 1. The minimum Gasteiger partial charge on any atom is -0.460 e. The van der Waals surface area contributed by atoms with Gasteiger partial charge in [-0.25, -0.2) is 9.98 Å². The van der Waals surface area contributed by atoms with Gasteiger partial charge in [-0.3, -0.25) is 9.59 Å². The fourth-order valence-electron chi connectivity index (χ4n) is 3.74. The van der Waals surface area contributed by atoms with Crippen LogP contribution in [0.15, 0.2) is 21.9 Å². The molecule has 0 saturated heterocycles. The molecule has 2 aromatic rings. The van der Waals surface area contributed by atoms with Crippen molar-refractivity contribution in [2.75, 3.05) is 29.9 Å². The van der Waals surface area contributed by atoms with Crippen LogP contribution in [-0.4, -0.2) is 80.0 Å². The van der Waals surface area contributed by atoms with Gasteiger partial charge in [0.2, 0.25) is 0 Å². The van der Waals surface area contributed by atoms with E-state index in [9.17, 15) is 24.9 Å². The van der Waals surface area contributed by atoms with Crippen LogP contribution < -0.4 is 26.6 Å². The monoisotopic (exact) mass is 503 g/mol. The number of aliphatic hydroxyl groups is 4. The number of carbonyl (C=O) groups excluding carboxylic acids is 1. The minimum atomic E-state index is -1.65. The van der Waals surface area contributed by atoms with Crippen LogP contribution in [0.5, 0.6) is 0 Å². The largest absolute Gasteiger partial charge is 0.460 e. The molecule has 1 aliphatic heterocycles. The average Bonchev–Trinajstić information content (AvgIpc) is 2.77. The third kappa shape index (κ3) is 6.26. The second-order valence-electron chi connectivity index (χ2n) is 9.63. The van der Waals surface area contributed by atoms with Gasteiger partial charge < -0.3 is 40.4 Å². The van der Waals surface area contributed by atoms with Crippen molar-refractivity contribution in [2.24, 2.45) is 4.99 Å². The molecule has 0 radical (unpaired) electrons. The number of hydrogen-bond donors (Lipinski definition) is 6. The van der Waals surface area contributed by atoms with Crippen molar-refractivity contribution in [3.8, 4) is 0 Å². The summed E-state index contributed by atoms with van der Waals surface area (Å²) in [6, 6.07) is 3.48. The lowest BCUT2D eigenvalue weighted by molar-refractivity contribution is -0.154. The van der Waals surface area contributed by atoms with Crippen molar-refractivity contribution in [3.63, 3.8) is 0 Å². The number of benzene rings is 1. The molecule has 0 aliphatic carbocycles. The summed E-state index contributed by atoms with van der Waals surface area (Å²) in [7, 11) is 0. The van der Waals surface area contributed by atoms with Crippen LogP contribution in [0.1, 0.15) is 32.8 Å². The number of nitrogens with zero attached hydrogens (tertiary/aromatic N) is 3. The lowest BCUT2D eigenvalue weighted by Crippen LogP contribution is -2.48. The van der Waals surface area contributed by atoms with Gasteiger partial charge in [0.1, 0.15) is 29.4 Å². The number of ether oxygens (including phenoxy) is 1. The first-order chi connectivity index (χ1) is 16.8. The summed E-state index contributed by atoms with van der Waals surface area (Å²) in [5.41, 5.74) is 1.33. The van der Waals surface area contributed by atoms with Crippen molar-refractivity contribution in [1.82, 2.24) is 9.97 Å². The van der Waals surface area contributed by atoms with Gasteiger partial charge in [-0.15, -0.1) is 0 Å². The van der Waals surface area contributed by atoms with Gasteiger partial charge in [-0.05, 0) is 45.4 Å². The second-order valence-corrected chi connectivity index (χ2v) is 9.63. The molecule has 0 fully saturated rings. The van der Waals surface area contributed by atoms with Gasteiger partial charge in [0.05, 0.1) is 30.9 Å². The number of anilines is 3. The zero-order valence-corrected chi connectivity index (χ0v) is 20.8. The fourth-order valence-corrected chi connectivity index (χ4v) is 3.74. The molecule has 0 saturated carbocycles. The first kappa shape index (κ1) is 27.3. The summed E-state index contributed by atoms with van der Waals surface area (Å²) >= 11 is 0. The maximum absolute atomic E-state index is 12.6. The molecule has 0 unspecified atom stereocenters. The Morgan fingerprint density at radius 1 is 1.25 bits per heavy atom. The summed E-state index contributed by atoms with van der Waals surface area (Å²) < 4.78 is 5.33. The summed E-state index contributed by atoms with van der Waals surface area (Å²) in [5, 5.41) is 42.9. The lowest BCUT2D eigenvalue weighted by Gasteiger charge is -2.32. The first-order valence-corrected chi connectivity index (χ1v) is 11.5. The first-order valence-electron chi connectivity index (χ1n) is 11.5. The van der Waals surface area contributed by atoms with E-state index in [1.54, 1.807) is 32.9 Å². The number of H-pyrrole nitrogens is 1. The Balaban J connectivity index is 1.97. The van der Waals surface area contributed by atoms with E-state index < -0.39 is 36.1 Å². The highest BCUT2D eigenvalue weighted by molar-refractivity contribution is 5.81. The summed E-state index contributed by atoms with van der Waals surface area (Å²) in [5.74, 6) is -0.230. The predicted octanol–water partition coefficient (Wildman–Crippen LogP) is -0.890. The molecule has 2 heterocycles. The standard InChI is InChI=1S/C24H33N5O7/c1-12-8-15-16(9-14(12)25-7-6-19(33)36-24(3,4)5)29(10-17(31)21(34)18(32)11-30)22-20(28-15)23(35)27-13(2)26-22/h8-9,17-18,21,25,30-32,34H,2,6-7,10-11H2,1,3-5H3,(H,27,35)/t17-,18+,21-/m0/s1. The van der Waals surface area contributed by atoms with Crippen molar-refractivity contribution in [2.45, 2.75) is 58.0 Å². The van der Waals surface area contributed by atoms with Crippen LogP contribution in [0.2, 0.25) is 0 Å². The molecule has 1 aliphatic rings. The van der Waals surface area contributed by atoms with E-state index in [2.05, 4.69) is 26.9 Å². The number of rotatable bonds is 9. The Hall–Kier alpha value is -3.32. The van der Waals surface area contributed by atoms with Crippen LogP contribution >= 0.6 is 0 Å². The Kier molecular flexibility index (Phi) is 8.14. The van der Waals surface area contributed by atoms with Gasteiger partial charge >= 0.3 is 5.97 Å². The number of β-amino-alcohol motifs (C(OH)–C–C–N with tert-alkyl or cyclic N) is 1. The molecule has 12 heteroatoms. The van der Waals surface area contributed by atoms with Gasteiger partial charge in [-0.1, -0.05) is 6.58 Å². The van der Waals surface area contributed by atoms with Gasteiger partial charge in [-0.2, -0.15) is 0 Å². The highest BCUT2D eigenvalue weighted by atomic mass is 16.6. The number of esters is 1. The zero-order valence-electron chi connectivity index (χ0n) is 20.8. The minimum absolute atomic E-state index is 0.00401. The molecule has 0 bridgehead atoms. The number of hydrogen-bond acceptors (Lipinski definition) is 11. The number of aryl methyl sites for hydroxylation is 1. The molecular weight excluding hydrogens is 470 g/mol. The molecule has 0 amide bonds. The van der Waals surface area contributed by atoms with E-state index in [0.29, 0.717) is 23.6 Å². The second kappa shape index (κ2) is 10.7. The SMILES string of the molecule is C=c1nc2c(c(=O)[nH]1)=Nc1cc(C)c(NCCC(=O)OC(C)(C)C)cc1N2C[C@H](O)[C@H](O)[C@H](O)CO. The van der Waals surface area contributed by atoms with Gasteiger partial charge in [0, 0.05) is 12.2 Å². The van der Waals surface area contributed by atoms with Crippen LogP contribution in [0.4, 0.5) is 22.9 Å². The maximum atomic E-state index is 12.6. The molecule has 36 heavy (non-hydrogen) atoms. The Labute approximate surface area is 207 Å². The zero-order chi connectivity index (χ0) is 26.8. The molecule has 3 atom stereocenters. The molecule has 1 aromatic heterocycles. The van der Waals surface area contributed by atoms with E-state index in [4.69, 9.17) is 9.84 Å².